The van der Waals surface area contributed by atoms with Gasteiger partial charge in [-0.15, -0.1) is 0 Å². The van der Waals surface area contributed by atoms with Gasteiger partial charge in [0.05, 0.1) is 0 Å². The van der Waals surface area contributed by atoms with Crippen LogP contribution < -0.4 is 0 Å². The van der Waals surface area contributed by atoms with Crippen molar-refractivity contribution in [3.63, 3.8) is 0 Å². The Morgan fingerprint density at radius 2 is 1.19 bits per heavy atom. The summed E-state index contributed by atoms with van der Waals surface area (Å²) in [5, 5.41) is 1.13. The van der Waals surface area contributed by atoms with Crippen molar-refractivity contribution in [3.05, 3.63) is 0 Å². The van der Waals surface area contributed by atoms with Crippen LogP contribution in [0.25, 0.3) is 0 Å². The number of hydrogen-bond acceptors (Lipinski definition) is 0. The first-order valence-corrected chi connectivity index (χ1v) is 10.3. The number of rotatable bonds is 1. The van der Waals surface area contributed by atoms with E-state index in [1.807, 2.05) is 0 Å². The van der Waals surface area contributed by atoms with E-state index >= 15 is 0 Å². The molecule has 2 atom stereocenters. The topological polar surface area (TPSA) is 0 Å². The Labute approximate surface area is 104 Å². The summed E-state index contributed by atoms with van der Waals surface area (Å²) in [6.45, 7) is 15.0. The molecule has 0 spiro atoms. The summed E-state index contributed by atoms with van der Waals surface area (Å²) >= 11 is 0. The lowest BCUT2D eigenvalue weighted by Crippen LogP contribution is -2.22. The van der Waals surface area contributed by atoms with E-state index < -0.39 is 0 Å². The third kappa shape index (κ3) is 2.49. The van der Waals surface area contributed by atoms with Gasteiger partial charge >= 0.3 is 0 Å². The molecule has 2 aliphatic rings. The molecular formula is C14H28P2. The lowest BCUT2D eigenvalue weighted by molar-refractivity contribution is 0.571. The first-order valence-electron chi connectivity index (χ1n) is 6.81. The predicted molar refractivity (Wildman–Crippen MR) is 79.4 cm³/mol. The van der Waals surface area contributed by atoms with E-state index in [1.54, 1.807) is 12.8 Å². The summed E-state index contributed by atoms with van der Waals surface area (Å²) in [5.41, 5.74) is 2.38. The highest BCUT2D eigenvalue weighted by atomic mass is 32.1. The van der Waals surface area contributed by atoms with E-state index in [1.165, 1.54) is 24.2 Å². The first kappa shape index (κ1) is 13.3. The Kier molecular flexibility index (Phi) is 3.49. The predicted octanol–water partition coefficient (Wildman–Crippen LogP) is 5.79. The van der Waals surface area contributed by atoms with Gasteiger partial charge in [-0.1, -0.05) is 69.6 Å². The third-order valence-electron chi connectivity index (χ3n) is 3.79. The molecular weight excluding hydrogens is 230 g/mol. The minimum atomic E-state index is 0.224. The standard InChI is InChI=1S/C14H28P2/c1-13(2,3)16(14(4,5)6)15-11-9-7-8-10-12(11)15/h11-12H,7-10H2,1-6H3. The minimum Gasteiger partial charge on any atom is -0.0723 e. The summed E-state index contributed by atoms with van der Waals surface area (Å²) in [7, 11) is 0.634. The summed E-state index contributed by atoms with van der Waals surface area (Å²) < 4.78 is 0. The molecule has 2 rings (SSSR count). The van der Waals surface area contributed by atoms with Crippen LogP contribution in [-0.2, 0) is 0 Å². The van der Waals surface area contributed by atoms with Crippen molar-refractivity contribution in [2.24, 2.45) is 0 Å². The second-order valence-corrected chi connectivity index (χ2v) is 15.4. The van der Waals surface area contributed by atoms with Crippen molar-refractivity contribution in [3.8, 4) is 0 Å². The van der Waals surface area contributed by atoms with Gasteiger partial charge in [-0.05, 0) is 34.5 Å². The van der Waals surface area contributed by atoms with Gasteiger partial charge in [0.15, 0.2) is 0 Å². The molecule has 0 nitrogen and oxygen atoms in total. The average molecular weight is 258 g/mol. The molecule has 94 valence electrons. The fourth-order valence-electron chi connectivity index (χ4n) is 3.67. The summed E-state index contributed by atoms with van der Waals surface area (Å²) in [5.74, 6) is 0. The molecule has 2 heteroatoms. The highest BCUT2D eigenvalue weighted by Crippen LogP contribution is 2.95. The quantitative estimate of drug-likeness (QED) is 0.522. The van der Waals surface area contributed by atoms with E-state index in [0.717, 1.165) is 0 Å². The van der Waals surface area contributed by atoms with Crippen molar-refractivity contribution < 1.29 is 0 Å². The Morgan fingerprint density at radius 1 is 0.812 bits per heavy atom. The van der Waals surface area contributed by atoms with Crippen LogP contribution in [0.3, 0.4) is 0 Å². The van der Waals surface area contributed by atoms with Crippen molar-refractivity contribution in [1.82, 2.24) is 0 Å². The second kappa shape index (κ2) is 4.20. The summed E-state index contributed by atoms with van der Waals surface area (Å²) in [4.78, 5) is 0. The highest BCUT2D eigenvalue weighted by molar-refractivity contribution is 8.34. The van der Waals surface area contributed by atoms with Crippen molar-refractivity contribution in [1.29, 1.82) is 0 Å². The van der Waals surface area contributed by atoms with Crippen LogP contribution in [0.5, 0.6) is 0 Å². The SMILES string of the molecule is CC(C)(C)P(P1C2CCCCC21)C(C)(C)C. The Bertz CT molecular complexity index is 233. The van der Waals surface area contributed by atoms with E-state index in [4.69, 9.17) is 0 Å². The lowest BCUT2D eigenvalue weighted by Gasteiger charge is -2.42. The molecule has 2 unspecified atom stereocenters. The van der Waals surface area contributed by atoms with Crippen molar-refractivity contribution >= 4 is 15.2 Å². The van der Waals surface area contributed by atoms with Crippen molar-refractivity contribution in [2.45, 2.75) is 88.9 Å². The number of hydrogen-bond donors (Lipinski definition) is 0. The average Bonchev–Trinajstić information content (AvgIpc) is 2.75. The van der Waals surface area contributed by atoms with Gasteiger partial charge in [0.25, 0.3) is 0 Å². The molecule has 0 aromatic rings. The van der Waals surface area contributed by atoms with Gasteiger partial charge in [0.2, 0.25) is 0 Å². The van der Waals surface area contributed by atoms with Gasteiger partial charge in [-0.2, -0.15) is 0 Å². The van der Waals surface area contributed by atoms with E-state index in [9.17, 15) is 0 Å². The molecule has 2 fully saturated rings. The van der Waals surface area contributed by atoms with Gasteiger partial charge in [-0.3, -0.25) is 0 Å². The zero-order valence-electron chi connectivity index (χ0n) is 11.9. The molecule has 1 aliphatic carbocycles. The van der Waals surface area contributed by atoms with Crippen LogP contribution in [-0.4, -0.2) is 21.6 Å². The van der Waals surface area contributed by atoms with Gasteiger partial charge in [0.1, 0.15) is 0 Å². The maximum Gasteiger partial charge on any atom is -0.00964 e. The van der Waals surface area contributed by atoms with Crippen LogP contribution >= 0.6 is 15.2 Å². The highest BCUT2D eigenvalue weighted by Gasteiger charge is 2.58. The zero-order chi connectivity index (χ0) is 12.1. The molecule has 16 heavy (non-hydrogen) atoms. The maximum atomic E-state index is 2.50. The van der Waals surface area contributed by atoms with E-state index in [-0.39, 0.29) is 7.61 Å². The van der Waals surface area contributed by atoms with E-state index in [0.29, 0.717) is 17.9 Å². The smallest absolute Gasteiger partial charge is 0.00964 e. The van der Waals surface area contributed by atoms with Crippen LogP contribution in [0.1, 0.15) is 67.2 Å². The third-order valence-corrected chi connectivity index (χ3v) is 15.8. The second-order valence-electron chi connectivity index (χ2n) is 7.45. The molecule has 1 aliphatic heterocycles. The van der Waals surface area contributed by atoms with E-state index in [2.05, 4.69) is 41.5 Å². The molecule has 1 saturated carbocycles. The Morgan fingerprint density at radius 3 is 1.50 bits per heavy atom. The molecule has 0 aromatic carbocycles. The van der Waals surface area contributed by atoms with Crippen LogP contribution in [0.2, 0.25) is 0 Å². The Hall–Kier alpha value is 0.860. The Balaban J connectivity index is 2.15. The summed E-state index contributed by atoms with van der Waals surface area (Å²) in [6, 6.07) is 0. The van der Waals surface area contributed by atoms with Gasteiger partial charge in [-0.25, -0.2) is 0 Å². The minimum absolute atomic E-state index is 0.224. The largest absolute Gasteiger partial charge is 0.0723 e. The molecule has 0 radical (unpaired) electrons. The molecule has 0 amide bonds. The molecule has 0 aromatic heterocycles. The summed E-state index contributed by atoms with van der Waals surface area (Å²) in [6.07, 6.45) is 6.19. The lowest BCUT2D eigenvalue weighted by atomic mass is 10.0. The van der Waals surface area contributed by atoms with Crippen LogP contribution in [0.4, 0.5) is 0 Å². The fourth-order valence-corrected chi connectivity index (χ4v) is 17.4. The molecule has 0 N–H and O–H groups in total. The van der Waals surface area contributed by atoms with Gasteiger partial charge in [0, 0.05) is 0 Å². The molecule has 0 bridgehead atoms. The fraction of sp³-hybridized carbons (Fsp3) is 1.00. The maximum absolute atomic E-state index is 2.50. The van der Waals surface area contributed by atoms with Gasteiger partial charge < -0.3 is 0 Å². The van der Waals surface area contributed by atoms with Crippen molar-refractivity contribution in [2.75, 3.05) is 0 Å². The molecule has 1 saturated heterocycles. The molecule has 1 heterocycles. The van der Waals surface area contributed by atoms with Crippen LogP contribution in [0, 0.1) is 0 Å². The zero-order valence-corrected chi connectivity index (χ0v) is 13.7. The van der Waals surface area contributed by atoms with Crippen LogP contribution in [0.15, 0.2) is 0 Å². The monoisotopic (exact) mass is 258 g/mol. The normalized spacial score (nSPS) is 35.1. The number of fused-ring (bicyclic) bond motifs is 1. The first-order chi connectivity index (χ1) is 7.23.